The number of alkyl halides is 3. The van der Waals surface area contributed by atoms with Crippen LogP contribution in [0.1, 0.15) is 29.9 Å². The molecular formula is C13H12BClF3NO. The molecule has 1 aromatic carbocycles. The minimum atomic E-state index is -4.48. The van der Waals surface area contributed by atoms with Crippen molar-refractivity contribution in [1.82, 2.24) is 4.90 Å². The largest absolute Gasteiger partial charge is 0.418 e. The van der Waals surface area contributed by atoms with E-state index in [0.29, 0.717) is 25.9 Å². The maximum atomic E-state index is 13.1. The van der Waals surface area contributed by atoms with Gasteiger partial charge in [-0.25, -0.2) is 0 Å². The summed E-state index contributed by atoms with van der Waals surface area (Å²) in [5.41, 5.74) is -0.562. The third kappa shape index (κ3) is 3.11. The van der Waals surface area contributed by atoms with Gasteiger partial charge in [-0.15, -0.1) is 0 Å². The molecule has 20 heavy (non-hydrogen) atoms. The summed E-state index contributed by atoms with van der Waals surface area (Å²) in [4.78, 5) is 12.5. The van der Waals surface area contributed by atoms with Crippen molar-refractivity contribution in [3.8, 4) is 0 Å². The molecule has 0 aromatic heterocycles. The Bertz CT molecular complexity index is 513. The number of likely N-dealkylation sites (tertiary alicyclic amines) is 1. The van der Waals surface area contributed by atoms with Crippen LogP contribution < -0.4 is 0 Å². The van der Waals surface area contributed by atoms with E-state index in [2.05, 4.69) is 0 Å². The van der Waals surface area contributed by atoms with Crippen LogP contribution >= 0.6 is 11.6 Å². The van der Waals surface area contributed by atoms with Crippen molar-refractivity contribution in [3.05, 3.63) is 34.3 Å². The Morgan fingerprint density at radius 3 is 2.40 bits per heavy atom. The Labute approximate surface area is 121 Å². The fraction of sp³-hybridized carbons (Fsp3) is 0.462. The molecule has 1 aromatic rings. The predicted octanol–water partition coefficient (Wildman–Crippen LogP) is 3.83. The molecule has 0 atom stereocenters. The van der Waals surface area contributed by atoms with Gasteiger partial charge in [0.25, 0.3) is 0 Å². The first-order valence-corrected chi connectivity index (χ1v) is 6.58. The highest BCUT2D eigenvalue weighted by Gasteiger charge is 2.38. The first-order valence-electron chi connectivity index (χ1n) is 6.20. The van der Waals surface area contributed by atoms with E-state index in [-0.39, 0.29) is 16.5 Å². The van der Waals surface area contributed by atoms with Gasteiger partial charge < -0.3 is 4.90 Å². The van der Waals surface area contributed by atoms with Crippen LogP contribution in [0.2, 0.25) is 5.02 Å². The number of benzene rings is 1. The molecule has 1 fully saturated rings. The van der Waals surface area contributed by atoms with Crippen LogP contribution in [0.4, 0.5) is 18.0 Å². The maximum absolute atomic E-state index is 13.1. The molecule has 0 aliphatic carbocycles. The predicted molar refractivity (Wildman–Crippen MR) is 71.2 cm³/mol. The van der Waals surface area contributed by atoms with E-state index in [0.717, 1.165) is 0 Å². The van der Waals surface area contributed by atoms with Gasteiger partial charge in [0.05, 0.1) is 10.6 Å². The lowest BCUT2D eigenvalue weighted by atomic mass is 9.85. The Hall–Kier alpha value is -1.17. The molecule has 1 heterocycles. The first kappa shape index (κ1) is 15.2. The lowest BCUT2D eigenvalue weighted by molar-refractivity contribution is -0.138. The van der Waals surface area contributed by atoms with Crippen molar-refractivity contribution < 1.29 is 18.0 Å². The molecule has 0 unspecified atom stereocenters. The lowest BCUT2D eigenvalue weighted by Gasteiger charge is -2.33. The summed E-state index contributed by atoms with van der Waals surface area (Å²) in [5.74, 6) is -0.800. The van der Waals surface area contributed by atoms with Gasteiger partial charge >= 0.3 is 6.18 Å². The number of carbonyl (C=O) groups is 1. The zero-order valence-electron chi connectivity index (χ0n) is 10.6. The van der Waals surface area contributed by atoms with E-state index in [4.69, 9.17) is 19.4 Å². The standard InChI is InChI=1S/C13H12BClF3NO/c14-12(20)19-6-4-8(5-7-19)9-2-1-3-10(15)11(9)13(16,17)18/h1-3,8H,4-7H2. The molecule has 0 N–H and O–H groups in total. The molecule has 1 aliphatic heterocycles. The number of carbonyl (C=O) groups excluding carboxylic acids is 1. The van der Waals surface area contributed by atoms with Gasteiger partial charge in [0.15, 0.2) is 5.81 Å². The second-order valence-corrected chi connectivity index (χ2v) is 5.21. The van der Waals surface area contributed by atoms with Crippen molar-refractivity contribution in [2.45, 2.75) is 24.9 Å². The summed E-state index contributed by atoms with van der Waals surface area (Å²) in [6.45, 7) is 0.730. The van der Waals surface area contributed by atoms with Gasteiger partial charge in [-0.1, -0.05) is 23.7 Å². The fourth-order valence-electron chi connectivity index (χ4n) is 2.59. The second kappa shape index (κ2) is 5.68. The zero-order valence-corrected chi connectivity index (χ0v) is 11.3. The van der Waals surface area contributed by atoms with Crippen LogP contribution in [-0.4, -0.2) is 31.6 Å². The van der Waals surface area contributed by atoms with Crippen LogP contribution in [0, 0.1) is 0 Å². The molecule has 0 spiro atoms. The van der Waals surface area contributed by atoms with E-state index < -0.39 is 17.5 Å². The third-order valence-electron chi connectivity index (χ3n) is 3.58. The van der Waals surface area contributed by atoms with Crippen LogP contribution in [0.5, 0.6) is 0 Å². The molecule has 0 bridgehead atoms. The summed E-state index contributed by atoms with van der Waals surface area (Å²) in [6, 6.07) is 4.22. The number of halogens is 4. The molecule has 2 rings (SSSR count). The molecule has 1 aliphatic rings. The first-order chi connectivity index (χ1) is 9.30. The summed E-state index contributed by atoms with van der Waals surface area (Å²) in [7, 11) is 5.16. The van der Waals surface area contributed by atoms with Crippen molar-refractivity contribution in [1.29, 1.82) is 0 Å². The molecule has 2 radical (unpaired) electrons. The average Bonchev–Trinajstić information content (AvgIpc) is 2.37. The van der Waals surface area contributed by atoms with Gasteiger partial charge in [0, 0.05) is 13.1 Å². The maximum Gasteiger partial charge on any atom is 0.418 e. The second-order valence-electron chi connectivity index (χ2n) is 4.80. The van der Waals surface area contributed by atoms with Crippen molar-refractivity contribution >= 4 is 25.3 Å². The number of rotatable bonds is 1. The molecule has 1 amide bonds. The normalized spacial score (nSPS) is 17.3. The molecular weight excluding hydrogens is 289 g/mol. The summed E-state index contributed by atoms with van der Waals surface area (Å²) < 4.78 is 39.3. The van der Waals surface area contributed by atoms with Gasteiger partial charge in [-0.05, 0) is 30.4 Å². The summed E-state index contributed by atoms with van der Waals surface area (Å²) in [6.07, 6.45) is -3.58. The minimum absolute atomic E-state index is 0.203. The molecule has 1 saturated heterocycles. The molecule has 106 valence electrons. The lowest BCUT2D eigenvalue weighted by Crippen LogP contribution is -2.37. The van der Waals surface area contributed by atoms with Crippen LogP contribution in [-0.2, 0) is 6.18 Å². The monoisotopic (exact) mass is 301 g/mol. The number of hydrogen-bond donors (Lipinski definition) is 0. The fourth-order valence-corrected chi connectivity index (χ4v) is 2.88. The number of nitrogens with zero attached hydrogens (tertiary/aromatic N) is 1. The summed E-state index contributed by atoms with van der Waals surface area (Å²) >= 11 is 5.71. The van der Waals surface area contributed by atoms with Crippen molar-refractivity contribution in [2.75, 3.05) is 13.1 Å². The number of amides is 1. The van der Waals surface area contributed by atoms with Crippen LogP contribution in [0.25, 0.3) is 0 Å². The molecule has 0 saturated carbocycles. The smallest absolute Gasteiger partial charge is 0.353 e. The van der Waals surface area contributed by atoms with Crippen molar-refractivity contribution in [3.63, 3.8) is 0 Å². The van der Waals surface area contributed by atoms with E-state index >= 15 is 0 Å². The van der Waals surface area contributed by atoms with Gasteiger partial charge in [0.2, 0.25) is 7.85 Å². The molecule has 7 heteroatoms. The summed E-state index contributed by atoms with van der Waals surface area (Å²) in [5, 5.41) is -0.285. The third-order valence-corrected chi connectivity index (χ3v) is 3.89. The minimum Gasteiger partial charge on any atom is -0.353 e. The van der Waals surface area contributed by atoms with Gasteiger partial charge in [-0.2, -0.15) is 13.2 Å². The molecule has 2 nitrogen and oxygen atoms in total. The van der Waals surface area contributed by atoms with Crippen molar-refractivity contribution in [2.24, 2.45) is 0 Å². The highest BCUT2D eigenvalue weighted by Crippen LogP contribution is 2.42. The van der Waals surface area contributed by atoms with Gasteiger partial charge in [0.1, 0.15) is 0 Å². The Morgan fingerprint density at radius 2 is 1.90 bits per heavy atom. The van der Waals surface area contributed by atoms with Crippen LogP contribution in [0.15, 0.2) is 18.2 Å². The number of hydrogen-bond acceptors (Lipinski definition) is 1. The Balaban J connectivity index is 2.27. The van der Waals surface area contributed by atoms with E-state index in [1.165, 1.54) is 23.1 Å². The average molecular weight is 302 g/mol. The topological polar surface area (TPSA) is 20.3 Å². The van der Waals surface area contributed by atoms with Crippen LogP contribution in [0.3, 0.4) is 0 Å². The SMILES string of the molecule is [B]C(=O)N1CCC(c2cccc(Cl)c2C(F)(F)F)CC1. The zero-order chi connectivity index (χ0) is 14.9. The highest BCUT2D eigenvalue weighted by molar-refractivity contribution is 6.56. The Kier molecular flexibility index (Phi) is 4.32. The highest BCUT2D eigenvalue weighted by atomic mass is 35.5. The van der Waals surface area contributed by atoms with E-state index in [1.54, 1.807) is 0 Å². The quantitative estimate of drug-likeness (QED) is 0.722. The van der Waals surface area contributed by atoms with E-state index in [1.807, 2.05) is 0 Å². The van der Waals surface area contributed by atoms with E-state index in [9.17, 15) is 18.0 Å². The van der Waals surface area contributed by atoms with Gasteiger partial charge in [-0.3, -0.25) is 4.79 Å². The number of piperidine rings is 1. The Morgan fingerprint density at radius 1 is 1.30 bits per heavy atom.